The molecule has 0 bridgehead atoms. The quantitative estimate of drug-likeness (QED) is 0.302. The van der Waals surface area contributed by atoms with Crippen LogP contribution in [0.2, 0.25) is 0 Å². The summed E-state index contributed by atoms with van der Waals surface area (Å²) in [5.74, 6) is 0. The van der Waals surface area contributed by atoms with Gasteiger partial charge in [-0.25, -0.2) is 0 Å². The first-order valence-electron chi connectivity index (χ1n) is 10.1. The van der Waals surface area contributed by atoms with Crippen LogP contribution in [0.15, 0.2) is 95.4 Å². The van der Waals surface area contributed by atoms with Crippen molar-refractivity contribution in [1.82, 2.24) is 0 Å². The van der Waals surface area contributed by atoms with E-state index >= 15 is 0 Å². The molecule has 0 amide bonds. The molecule has 0 radical (unpaired) electrons. The Balaban J connectivity index is 1.86. The fraction of sp³-hybridized carbons (Fsp3) is 0.143. The summed E-state index contributed by atoms with van der Waals surface area (Å²) in [5, 5.41) is 2.34. The van der Waals surface area contributed by atoms with Gasteiger partial charge in [-0.1, -0.05) is 106 Å². The van der Waals surface area contributed by atoms with Crippen LogP contribution in [-0.4, -0.2) is 0 Å². The van der Waals surface area contributed by atoms with Crippen molar-refractivity contribution in [2.24, 2.45) is 0 Å². The third-order valence-electron chi connectivity index (χ3n) is 5.59. The van der Waals surface area contributed by atoms with Crippen LogP contribution in [-0.2, 0) is 5.41 Å². The highest BCUT2D eigenvalue weighted by Gasteiger charge is 2.25. The Kier molecular flexibility index (Phi) is 4.06. The molecular weight excluding hydrogens is 352 g/mol. The number of hydrogen-bond acceptors (Lipinski definition) is 1. The minimum absolute atomic E-state index is 0.0179. The first kappa shape index (κ1) is 17.8. The summed E-state index contributed by atoms with van der Waals surface area (Å²) in [6.45, 7) is 6.87. The van der Waals surface area contributed by atoms with Gasteiger partial charge in [-0.3, -0.25) is 0 Å². The van der Waals surface area contributed by atoms with Crippen molar-refractivity contribution in [1.29, 1.82) is 0 Å². The van der Waals surface area contributed by atoms with E-state index in [0.29, 0.717) is 0 Å². The van der Waals surface area contributed by atoms with Crippen molar-refractivity contribution in [3.8, 4) is 22.3 Å². The van der Waals surface area contributed by atoms with Gasteiger partial charge in [-0.2, -0.15) is 0 Å². The number of fused-ring (bicyclic) bond motifs is 3. The largest absolute Gasteiger partial charge is 0.455 e. The Bertz CT molecular complexity index is 1320. The average Bonchev–Trinajstić information content (AvgIpc) is 3.12. The summed E-state index contributed by atoms with van der Waals surface area (Å²) < 4.78 is 6.35. The molecule has 1 aromatic heterocycles. The van der Waals surface area contributed by atoms with Crippen LogP contribution in [0.1, 0.15) is 26.3 Å². The highest BCUT2D eigenvalue weighted by Crippen LogP contribution is 2.43. The van der Waals surface area contributed by atoms with Gasteiger partial charge in [0.1, 0.15) is 11.2 Å². The summed E-state index contributed by atoms with van der Waals surface area (Å²) in [7, 11) is 0. The highest BCUT2D eigenvalue weighted by atomic mass is 16.3. The molecule has 5 rings (SSSR count). The van der Waals surface area contributed by atoms with E-state index in [1.165, 1.54) is 33.0 Å². The molecule has 29 heavy (non-hydrogen) atoms. The van der Waals surface area contributed by atoms with Crippen LogP contribution in [0.5, 0.6) is 0 Å². The van der Waals surface area contributed by atoms with Gasteiger partial charge in [0.15, 0.2) is 0 Å². The van der Waals surface area contributed by atoms with Crippen molar-refractivity contribution in [3.63, 3.8) is 0 Å². The van der Waals surface area contributed by atoms with E-state index in [4.69, 9.17) is 4.42 Å². The second kappa shape index (κ2) is 6.63. The molecule has 0 aliphatic heterocycles. The second-order valence-corrected chi connectivity index (χ2v) is 8.62. The van der Waals surface area contributed by atoms with Gasteiger partial charge in [0, 0.05) is 16.3 Å². The Morgan fingerprint density at radius 2 is 1.17 bits per heavy atom. The van der Waals surface area contributed by atoms with E-state index in [1.54, 1.807) is 0 Å². The van der Waals surface area contributed by atoms with Crippen molar-refractivity contribution < 1.29 is 4.42 Å². The Labute approximate surface area is 171 Å². The molecule has 0 fully saturated rings. The van der Waals surface area contributed by atoms with Crippen LogP contribution in [0.3, 0.4) is 0 Å². The van der Waals surface area contributed by atoms with Gasteiger partial charge in [-0.15, -0.1) is 0 Å². The molecular formula is C28H24O. The first-order chi connectivity index (χ1) is 14.0. The van der Waals surface area contributed by atoms with E-state index in [2.05, 4.69) is 99.6 Å². The number of para-hydroxylation sites is 2. The maximum Gasteiger partial charge on any atom is 0.143 e. The Hall–Kier alpha value is -3.32. The molecule has 4 aromatic carbocycles. The third-order valence-corrected chi connectivity index (χ3v) is 5.59. The van der Waals surface area contributed by atoms with E-state index in [9.17, 15) is 0 Å². The molecule has 142 valence electrons. The molecule has 0 atom stereocenters. The molecule has 5 aromatic rings. The molecule has 1 heterocycles. The topological polar surface area (TPSA) is 13.1 Å². The molecule has 0 aliphatic carbocycles. The lowest BCUT2D eigenvalue weighted by Crippen LogP contribution is -2.14. The second-order valence-electron chi connectivity index (χ2n) is 8.62. The van der Waals surface area contributed by atoms with Gasteiger partial charge in [-0.05, 0) is 33.7 Å². The lowest BCUT2D eigenvalue weighted by Gasteiger charge is -2.27. The van der Waals surface area contributed by atoms with Crippen LogP contribution in [0.4, 0.5) is 0 Å². The van der Waals surface area contributed by atoms with Gasteiger partial charge < -0.3 is 4.42 Å². The van der Waals surface area contributed by atoms with Crippen molar-refractivity contribution in [2.45, 2.75) is 26.2 Å². The summed E-state index contributed by atoms with van der Waals surface area (Å²) in [6.07, 6.45) is 0. The molecule has 1 heteroatoms. The van der Waals surface area contributed by atoms with Crippen LogP contribution in [0.25, 0.3) is 44.2 Å². The molecule has 0 saturated carbocycles. The van der Waals surface area contributed by atoms with Gasteiger partial charge in [0.05, 0.1) is 0 Å². The molecule has 0 spiro atoms. The predicted molar refractivity (Wildman–Crippen MR) is 123 cm³/mol. The zero-order chi connectivity index (χ0) is 20.0. The van der Waals surface area contributed by atoms with Crippen LogP contribution >= 0.6 is 0 Å². The maximum atomic E-state index is 6.35. The molecule has 0 aliphatic rings. The number of hydrogen-bond donors (Lipinski definition) is 0. The highest BCUT2D eigenvalue weighted by molar-refractivity contribution is 6.10. The van der Waals surface area contributed by atoms with Crippen LogP contribution < -0.4 is 0 Å². The van der Waals surface area contributed by atoms with Crippen molar-refractivity contribution in [3.05, 3.63) is 96.6 Å². The van der Waals surface area contributed by atoms with Crippen molar-refractivity contribution in [2.75, 3.05) is 0 Å². The number of furan rings is 1. The number of rotatable bonds is 2. The van der Waals surface area contributed by atoms with Crippen molar-refractivity contribution >= 4 is 21.9 Å². The van der Waals surface area contributed by atoms with Gasteiger partial charge in [0.25, 0.3) is 0 Å². The minimum atomic E-state index is -0.0179. The molecule has 0 unspecified atom stereocenters. The number of benzene rings is 4. The molecule has 1 nitrogen and oxygen atoms in total. The first-order valence-corrected chi connectivity index (χ1v) is 10.1. The predicted octanol–water partition coefficient (Wildman–Crippen LogP) is 8.22. The maximum absolute atomic E-state index is 6.35. The molecule has 0 N–H and O–H groups in total. The smallest absolute Gasteiger partial charge is 0.143 e. The minimum Gasteiger partial charge on any atom is -0.455 e. The lowest BCUT2D eigenvalue weighted by molar-refractivity contribution is 0.593. The Morgan fingerprint density at radius 3 is 1.97 bits per heavy atom. The summed E-state index contributed by atoms with van der Waals surface area (Å²) in [4.78, 5) is 0. The Morgan fingerprint density at radius 1 is 0.552 bits per heavy atom. The average molecular weight is 376 g/mol. The SMILES string of the molecule is CC(C)(C)c1c(-c2ccccc2)cccc1-c1cccc2c1oc1ccccc12. The van der Waals surface area contributed by atoms with Crippen LogP contribution in [0, 0.1) is 0 Å². The van der Waals surface area contributed by atoms with E-state index < -0.39 is 0 Å². The van der Waals surface area contributed by atoms with Gasteiger partial charge in [0.2, 0.25) is 0 Å². The fourth-order valence-electron chi connectivity index (χ4n) is 4.40. The van der Waals surface area contributed by atoms with Gasteiger partial charge >= 0.3 is 0 Å². The standard InChI is InChI=1S/C28H24O/c1-28(2,3)26-20(19-11-5-4-6-12-19)14-9-15-22(26)24-17-10-16-23-21-13-7-8-18-25(21)29-27(23)24/h4-18H,1-3H3. The zero-order valence-electron chi connectivity index (χ0n) is 17.1. The monoisotopic (exact) mass is 376 g/mol. The fourth-order valence-corrected chi connectivity index (χ4v) is 4.40. The van der Waals surface area contributed by atoms with E-state index in [-0.39, 0.29) is 5.41 Å². The van der Waals surface area contributed by atoms with E-state index in [1.807, 2.05) is 12.1 Å². The summed E-state index contributed by atoms with van der Waals surface area (Å²) >= 11 is 0. The summed E-state index contributed by atoms with van der Waals surface area (Å²) in [5.41, 5.74) is 8.15. The zero-order valence-corrected chi connectivity index (χ0v) is 17.1. The molecule has 0 saturated heterocycles. The lowest BCUT2D eigenvalue weighted by atomic mass is 9.77. The summed E-state index contributed by atoms with van der Waals surface area (Å²) in [6, 6.07) is 32.0. The normalized spacial score (nSPS) is 12.0. The third kappa shape index (κ3) is 2.94. The van der Waals surface area contributed by atoms with E-state index in [0.717, 1.165) is 16.7 Å².